The summed E-state index contributed by atoms with van der Waals surface area (Å²) in [7, 11) is 0. The normalized spacial score (nSPS) is 12.8. The molecule has 1 aromatic rings. The van der Waals surface area contributed by atoms with Gasteiger partial charge in [0.15, 0.2) is 0 Å². The molecule has 0 amide bonds. The van der Waals surface area contributed by atoms with Gasteiger partial charge in [-0.05, 0) is 19.4 Å². The Labute approximate surface area is 71.9 Å². The summed E-state index contributed by atoms with van der Waals surface area (Å²) in [6.45, 7) is 3.91. The lowest BCUT2D eigenvalue weighted by Crippen LogP contribution is -2.25. The molecule has 1 unspecified atom stereocenters. The van der Waals surface area contributed by atoms with Crippen LogP contribution in [0, 0.1) is 12.3 Å². The average Bonchev–Trinajstić information content (AvgIpc) is 2.37. The van der Waals surface area contributed by atoms with Crippen molar-refractivity contribution >= 4 is 5.84 Å². The Bertz CT molecular complexity index is 276. The maximum atomic E-state index is 7.32. The smallest absolute Gasteiger partial charge is 0.116 e. The van der Waals surface area contributed by atoms with Gasteiger partial charge >= 0.3 is 0 Å². The fourth-order valence-corrected chi connectivity index (χ4v) is 1.16. The average molecular weight is 166 g/mol. The van der Waals surface area contributed by atoms with Gasteiger partial charge in [-0.25, -0.2) is 0 Å². The van der Waals surface area contributed by atoms with Crippen molar-refractivity contribution in [1.29, 1.82) is 5.41 Å². The Kier molecular flexibility index (Phi) is 2.47. The summed E-state index contributed by atoms with van der Waals surface area (Å²) in [6.07, 6.45) is 2.65. The number of nitrogens with two attached hydrogens (primary N) is 1. The van der Waals surface area contributed by atoms with E-state index < -0.39 is 0 Å². The summed E-state index contributed by atoms with van der Waals surface area (Å²) >= 11 is 0. The van der Waals surface area contributed by atoms with Gasteiger partial charge in [-0.3, -0.25) is 10.1 Å². The molecule has 1 rings (SSSR count). The first-order chi connectivity index (χ1) is 5.65. The number of hydrogen-bond acceptors (Lipinski definition) is 2. The Hall–Kier alpha value is -1.32. The van der Waals surface area contributed by atoms with Crippen LogP contribution in [0.2, 0.25) is 0 Å². The summed E-state index contributed by atoms with van der Waals surface area (Å²) in [4.78, 5) is 0. The van der Waals surface area contributed by atoms with E-state index in [1.807, 2.05) is 26.1 Å². The molecule has 0 aliphatic heterocycles. The standard InChI is InChI=1S/C8H14N4/c1-3-7(8(9)10)12-5-4-6(2)11-12/h4-5,7H,3H2,1-2H3,(H3,9,10). The first kappa shape index (κ1) is 8.77. The number of nitrogens with zero attached hydrogens (tertiary/aromatic N) is 2. The number of aryl methyl sites for hydroxylation is 1. The van der Waals surface area contributed by atoms with Crippen LogP contribution in [0.25, 0.3) is 0 Å². The molecule has 1 heterocycles. The summed E-state index contributed by atoms with van der Waals surface area (Å²) in [5, 5.41) is 11.5. The minimum atomic E-state index is -0.0845. The van der Waals surface area contributed by atoms with E-state index in [-0.39, 0.29) is 11.9 Å². The number of hydrogen-bond donors (Lipinski definition) is 2. The molecule has 3 N–H and O–H groups in total. The van der Waals surface area contributed by atoms with Crippen molar-refractivity contribution in [1.82, 2.24) is 9.78 Å². The maximum Gasteiger partial charge on any atom is 0.116 e. The van der Waals surface area contributed by atoms with E-state index in [0.717, 1.165) is 12.1 Å². The molecule has 0 saturated carbocycles. The van der Waals surface area contributed by atoms with Crippen LogP contribution >= 0.6 is 0 Å². The molecule has 0 aromatic carbocycles. The van der Waals surface area contributed by atoms with Gasteiger partial charge in [0.2, 0.25) is 0 Å². The number of aromatic nitrogens is 2. The summed E-state index contributed by atoms with van der Waals surface area (Å²) in [5.74, 6) is 0.167. The molecular formula is C8H14N4. The van der Waals surface area contributed by atoms with Crippen molar-refractivity contribution in [3.63, 3.8) is 0 Å². The first-order valence-corrected chi connectivity index (χ1v) is 4.00. The topological polar surface area (TPSA) is 67.7 Å². The highest BCUT2D eigenvalue weighted by Crippen LogP contribution is 2.09. The molecule has 0 aliphatic rings. The predicted molar refractivity (Wildman–Crippen MR) is 48.2 cm³/mol. The lowest BCUT2D eigenvalue weighted by atomic mass is 10.2. The van der Waals surface area contributed by atoms with Crippen molar-refractivity contribution in [2.45, 2.75) is 26.3 Å². The van der Waals surface area contributed by atoms with Gasteiger partial charge in [0.05, 0.1) is 5.69 Å². The van der Waals surface area contributed by atoms with Crippen LogP contribution < -0.4 is 5.73 Å². The molecular weight excluding hydrogens is 152 g/mol. The predicted octanol–water partition coefficient (Wildman–Crippen LogP) is 1.08. The molecule has 0 saturated heterocycles. The second-order valence-corrected chi connectivity index (χ2v) is 2.82. The van der Waals surface area contributed by atoms with E-state index in [1.54, 1.807) is 4.68 Å². The molecule has 66 valence electrons. The summed E-state index contributed by atoms with van der Waals surface area (Å²) in [6, 6.07) is 1.82. The minimum absolute atomic E-state index is 0.0845. The Balaban J connectivity index is 2.87. The number of amidine groups is 1. The van der Waals surface area contributed by atoms with Crippen molar-refractivity contribution in [2.75, 3.05) is 0 Å². The molecule has 4 nitrogen and oxygen atoms in total. The van der Waals surface area contributed by atoms with Crippen LogP contribution in [-0.2, 0) is 0 Å². The van der Waals surface area contributed by atoms with E-state index in [9.17, 15) is 0 Å². The van der Waals surface area contributed by atoms with Crippen LogP contribution in [0.5, 0.6) is 0 Å². The highest BCUT2D eigenvalue weighted by molar-refractivity contribution is 5.81. The van der Waals surface area contributed by atoms with Crippen LogP contribution in [0.3, 0.4) is 0 Å². The van der Waals surface area contributed by atoms with E-state index >= 15 is 0 Å². The van der Waals surface area contributed by atoms with Crippen LogP contribution in [0.4, 0.5) is 0 Å². The van der Waals surface area contributed by atoms with Crippen molar-refractivity contribution in [2.24, 2.45) is 5.73 Å². The van der Waals surface area contributed by atoms with Crippen LogP contribution in [0.15, 0.2) is 12.3 Å². The van der Waals surface area contributed by atoms with Gasteiger partial charge in [-0.1, -0.05) is 6.92 Å². The molecule has 0 radical (unpaired) electrons. The van der Waals surface area contributed by atoms with E-state index in [4.69, 9.17) is 11.1 Å². The van der Waals surface area contributed by atoms with E-state index in [1.165, 1.54) is 0 Å². The number of nitrogens with one attached hydrogen (secondary N) is 1. The molecule has 0 bridgehead atoms. The van der Waals surface area contributed by atoms with Crippen molar-refractivity contribution in [3.05, 3.63) is 18.0 Å². The second kappa shape index (κ2) is 3.38. The van der Waals surface area contributed by atoms with Gasteiger partial charge in [0, 0.05) is 6.20 Å². The molecule has 1 aromatic heterocycles. The number of rotatable bonds is 3. The SMILES string of the molecule is CCC(C(=N)N)n1ccc(C)n1. The van der Waals surface area contributed by atoms with Gasteiger partial charge < -0.3 is 5.73 Å². The molecule has 12 heavy (non-hydrogen) atoms. The first-order valence-electron chi connectivity index (χ1n) is 4.00. The molecule has 4 heteroatoms. The Morgan fingerprint density at radius 3 is 2.83 bits per heavy atom. The third-order valence-electron chi connectivity index (χ3n) is 1.81. The summed E-state index contributed by atoms with van der Waals surface area (Å²) in [5.41, 5.74) is 6.36. The van der Waals surface area contributed by atoms with Crippen LogP contribution in [-0.4, -0.2) is 15.6 Å². The zero-order valence-electron chi connectivity index (χ0n) is 7.41. The van der Waals surface area contributed by atoms with Crippen molar-refractivity contribution < 1.29 is 0 Å². The summed E-state index contributed by atoms with van der Waals surface area (Å²) < 4.78 is 1.73. The molecule has 0 aliphatic carbocycles. The third kappa shape index (κ3) is 1.64. The fraction of sp³-hybridized carbons (Fsp3) is 0.500. The zero-order chi connectivity index (χ0) is 9.14. The molecule has 0 spiro atoms. The fourth-order valence-electron chi connectivity index (χ4n) is 1.16. The maximum absolute atomic E-state index is 7.32. The lowest BCUT2D eigenvalue weighted by molar-refractivity contribution is 0.543. The minimum Gasteiger partial charge on any atom is -0.386 e. The lowest BCUT2D eigenvalue weighted by Gasteiger charge is -2.12. The second-order valence-electron chi connectivity index (χ2n) is 2.82. The zero-order valence-corrected chi connectivity index (χ0v) is 7.41. The van der Waals surface area contributed by atoms with Gasteiger partial charge in [0.25, 0.3) is 0 Å². The monoisotopic (exact) mass is 166 g/mol. The van der Waals surface area contributed by atoms with E-state index in [2.05, 4.69) is 5.10 Å². The molecule has 0 fully saturated rings. The highest BCUT2D eigenvalue weighted by Gasteiger charge is 2.11. The Morgan fingerprint density at radius 2 is 2.50 bits per heavy atom. The Morgan fingerprint density at radius 1 is 1.83 bits per heavy atom. The van der Waals surface area contributed by atoms with Gasteiger partial charge in [0.1, 0.15) is 11.9 Å². The van der Waals surface area contributed by atoms with Gasteiger partial charge in [-0.2, -0.15) is 5.10 Å². The highest BCUT2D eigenvalue weighted by atomic mass is 15.3. The van der Waals surface area contributed by atoms with Crippen molar-refractivity contribution in [3.8, 4) is 0 Å². The largest absolute Gasteiger partial charge is 0.386 e. The molecule has 1 atom stereocenters. The van der Waals surface area contributed by atoms with E-state index in [0.29, 0.717) is 0 Å². The quantitative estimate of drug-likeness (QED) is 0.521. The van der Waals surface area contributed by atoms with Crippen LogP contribution in [0.1, 0.15) is 25.1 Å². The third-order valence-corrected chi connectivity index (χ3v) is 1.81. The van der Waals surface area contributed by atoms with Gasteiger partial charge in [-0.15, -0.1) is 0 Å².